The zero-order valence-electron chi connectivity index (χ0n) is 12.6. The Kier molecular flexibility index (Phi) is 9.62. The van der Waals surface area contributed by atoms with E-state index in [1.54, 1.807) is 7.11 Å². The summed E-state index contributed by atoms with van der Waals surface area (Å²) in [5, 5.41) is 13.1. The Morgan fingerprint density at radius 1 is 1.33 bits per heavy atom. The summed E-state index contributed by atoms with van der Waals surface area (Å²) in [7, 11) is 1.68. The molecule has 0 aromatic heterocycles. The number of halogens is 1. The first-order valence-electron chi connectivity index (χ1n) is 7.04. The molecule has 2 N–H and O–H groups in total. The second-order valence-corrected chi connectivity index (χ2v) is 5.38. The fraction of sp³-hybridized carbons (Fsp3) is 0.600. The van der Waals surface area contributed by atoms with Gasteiger partial charge in [-0.15, -0.1) is 0 Å². The lowest BCUT2D eigenvalue weighted by Crippen LogP contribution is -2.24. The molecule has 0 bridgehead atoms. The van der Waals surface area contributed by atoms with Gasteiger partial charge in [-0.25, -0.2) is 0 Å². The van der Waals surface area contributed by atoms with Crippen LogP contribution in [0.5, 0.6) is 5.75 Å². The molecule has 0 saturated carbocycles. The zero-order chi connectivity index (χ0) is 15.5. The van der Waals surface area contributed by atoms with Crippen LogP contribution < -0.4 is 10.1 Å². The molecule has 0 aliphatic heterocycles. The van der Waals surface area contributed by atoms with E-state index in [1.165, 1.54) is 0 Å². The standard InChI is InChI=1S/C15H24BrNO4/c1-3-20-10-13(18)11-21-15-12(5-4-6-14(15)16)9-17-7-8-19-2/h4-6,13,17-18H,3,7-11H2,1-2H3. The third-order valence-corrected chi connectivity index (χ3v) is 3.41. The van der Waals surface area contributed by atoms with Crippen LogP contribution in [0.2, 0.25) is 0 Å². The van der Waals surface area contributed by atoms with E-state index < -0.39 is 6.10 Å². The van der Waals surface area contributed by atoms with Gasteiger partial charge in [0.2, 0.25) is 0 Å². The zero-order valence-corrected chi connectivity index (χ0v) is 14.2. The molecule has 21 heavy (non-hydrogen) atoms. The summed E-state index contributed by atoms with van der Waals surface area (Å²) in [4.78, 5) is 0. The monoisotopic (exact) mass is 361 g/mol. The molecule has 0 aliphatic carbocycles. The van der Waals surface area contributed by atoms with Crippen molar-refractivity contribution in [3.05, 3.63) is 28.2 Å². The van der Waals surface area contributed by atoms with Gasteiger partial charge in [-0.3, -0.25) is 0 Å². The quantitative estimate of drug-likeness (QED) is 0.590. The number of ether oxygens (including phenoxy) is 3. The Morgan fingerprint density at radius 2 is 2.14 bits per heavy atom. The van der Waals surface area contributed by atoms with E-state index in [0.717, 1.165) is 22.3 Å². The molecule has 0 saturated heterocycles. The van der Waals surface area contributed by atoms with Gasteiger partial charge in [-0.2, -0.15) is 0 Å². The number of rotatable bonds is 11. The summed E-state index contributed by atoms with van der Waals surface area (Å²) in [6, 6.07) is 5.87. The molecule has 0 amide bonds. The van der Waals surface area contributed by atoms with Crippen LogP contribution >= 0.6 is 15.9 Å². The molecule has 0 spiro atoms. The molecule has 1 atom stereocenters. The van der Waals surface area contributed by atoms with Crippen molar-refractivity contribution < 1.29 is 19.3 Å². The Morgan fingerprint density at radius 3 is 2.86 bits per heavy atom. The average molecular weight is 362 g/mol. The smallest absolute Gasteiger partial charge is 0.138 e. The number of methoxy groups -OCH3 is 1. The van der Waals surface area contributed by atoms with Gasteiger partial charge in [-0.05, 0) is 28.9 Å². The maximum absolute atomic E-state index is 9.77. The average Bonchev–Trinajstić information content (AvgIpc) is 2.48. The first-order chi connectivity index (χ1) is 10.2. The van der Waals surface area contributed by atoms with Gasteiger partial charge < -0.3 is 24.6 Å². The molecule has 5 nitrogen and oxygen atoms in total. The SMILES string of the molecule is CCOCC(O)COc1c(Br)cccc1CNCCOC. The predicted molar refractivity (Wildman–Crippen MR) is 85.7 cm³/mol. The lowest BCUT2D eigenvalue weighted by molar-refractivity contribution is 0.0161. The summed E-state index contributed by atoms with van der Waals surface area (Å²) < 4.78 is 16.8. The fourth-order valence-electron chi connectivity index (χ4n) is 1.73. The van der Waals surface area contributed by atoms with Crippen molar-refractivity contribution in [3.63, 3.8) is 0 Å². The van der Waals surface area contributed by atoms with Crippen LogP contribution in [0.15, 0.2) is 22.7 Å². The number of aliphatic hydroxyl groups excluding tert-OH is 1. The normalized spacial score (nSPS) is 12.4. The minimum absolute atomic E-state index is 0.202. The lowest BCUT2D eigenvalue weighted by Gasteiger charge is -2.16. The van der Waals surface area contributed by atoms with Gasteiger partial charge in [0.25, 0.3) is 0 Å². The van der Waals surface area contributed by atoms with Crippen molar-refractivity contribution >= 4 is 15.9 Å². The van der Waals surface area contributed by atoms with E-state index in [-0.39, 0.29) is 13.2 Å². The first kappa shape index (κ1) is 18.4. The largest absolute Gasteiger partial charge is 0.489 e. The van der Waals surface area contributed by atoms with Gasteiger partial charge >= 0.3 is 0 Å². The summed E-state index contributed by atoms with van der Waals surface area (Å²) >= 11 is 3.48. The molecular formula is C15H24BrNO4. The number of aliphatic hydroxyl groups is 1. The molecule has 0 aliphatic rings. The molecule has 6 heteroatoms. The number of benzene rings is 1. The highest BCUT2D eigenvalue weighted by molar-refractivity contribution is 9.10. The molecule has 1 aromatic carbocycles. The third kappa shape index (κ3) is 7.24. The van der Waals surface area contributed by atoms with E-state index in [0.29, 0.717) is 19.8 Å². The molecule has 1 unspecified atom stereocenters. The summed E-state index contributed by atoms with van der Waals surface area (Å²) in [5.41, 5.74) is 1.03. The predicted octanol–water partition coefficient (Wildman–Crippen LogP) is 1.96. The first-order valence-corrected chi connectivity index (χ1v) is 7.84. The maximum Gasteiger partial charge on any atom is 0.138 e. The van der Waals surface area contributed by atoms with Gasteiger partial charge in [0.1, 0.15) is 18.5 Å². The highest BCUT2D eigenvalue weighted by Gasteiger charge is 2.11. The Hall–Kier alpha value is -0.660. The van der Waals surface area contributed by atoms with Crippen LogP contribution in [-0.4, -0.2) is 51.3 Å². The minimum atomic E-state index is -0.633. The van der Waals surface area contributed by atoms with Crippen molar-refractivity contribution in [2.24, 2.45) is 0 Å². The van der Waals surface area contributed by atoms with Crippen LogP contribution in [0.25, 0.3) is 0 Å². The molecule has 0 fully saturated rings. The lowest BCUT2D eigenvalue weighted by atomic mass is 10.2. The van der Waals surface area contributed by atoms with E-state index in [1.807, 2.05) is 25.1 Å². The summed E-state index contributed by atoms with van der Waals surface area (Å²) in [6.07, 6.45) is -0.633. The van der Waals surface area contributed by atoms with Crippen LogP contribution in [0.1, 0.15) is 12.5 Å². The van der Waals surface area contributed by atoms with Gasteiger partial charge in [0.05, 0.1) is 17.7 Å². The molecule has 120 valence electrons. The Balaban J connectivity index is 2.54. The molecular weight excluding hydrogens is 338 g/mol. The van der Waals surface area contributed by atoms with Gasteiger partial charge in [0.15, 0.2) is 0 Å². The highest BCUT2D eigenvalue weighted by atomic mass is 79.9. The fourth-order valence-corrected chi connectivity index (χ4v) is 2.25. The summed E-state index contributed by atoms with van der Waals surface area (Å²) in [5.74, 6) is 0.748. The van der Waals surface area contributed by atoms with Crippen LogP contribution in [0, 0.1) is 0 Å². The van der Waals surface area contributed by atoms with Crippen molar-refractivity contribution in [3.8, 4) is 5.75 Å². The van der Waals surface area contributed by atoms with Crippen LogP contribution in [0.3, 0.4) is 0 Å². The third-order valence-electron chi connectivity index (χ3n) is 2.78. The second-order valence-electron chi connectivity index (χ2n) is 4.52. The maximum atomic E-state index is 9.77. The molecule has 0 heterocycles. The van der Waals surface area contributed by atoms with E-state index in [9.17, 15) is 5.11 Å². The van der Waals surface area contributed by atoms with Crippen molar-refractivity contribution in [1.82, 2.24) is 5.32 Å². The van der Waals surface area contributed by atoms with Gasteiger partial charge in [-0.1, -0.05) is 12.1 Å². The van der Waals surface area contributed by atoms with Crippen LogP contribution in [-0.2, 0) is 16.0 Å². The number of hydrogen-bond donors (Lipinski definition) is 2. The molecule has 1 aromatic rings. The van der Waals surface area contributed by atoms with Gasteiger partial charge in [0, 0.05) is 32.4 Å². The number of para-hydroxylation sites is 1. The van der Waals surface area contributed by atoms with E-state index in [4.69, 9.17) is 14.2 Å². The van der Waals surface area contributed by atoms with E-state index >= 15 is 0 Å². The van der Waals surface area contributed by atoms with Crippen molar-refractivity contribution in [2.75, 3.05) is 40.1 Å². The number of hydrogen-bond acceptors (Lipinski definition) is 5. The minimum Gasteiger partial charge on any atom is -0.489 e. The van der Waals surface area contributed by atoms with Crippen molar-refractivity contribution in [2.45, 2.75) is 19.6 Å². The Bertz CT molecular complexity index is 403. The van der Waals surface area contributed by atoms with Crippen LogP contribution in [0.4, 0.5) is 0 Å². The highest BCUT2D eigenvalue weighted by Crippen LogP contribution is 2.29. The number of nitrogens with one attached hydrogen (secondary N) is 1. The second kappa shape index (κ2) is 11.0. The summed E-state index contributed by atoms with van der Waals surface area (Å²) in [6.45, 7) is 5.08. The van der Waals surface area contributed by atoms with E-state index in [2.05, 4.69) is 21.2 Å². The molecule has 1 rings (SSSR count). The topological polar surface area (TPSA) is 60.0 Å². The molecule has 0 radical (unpaired) electrons. The van der Waals surface area contributed by atoms with Crippen molar-refractivity contribution in [1.29, 1.82) is 0 Å². The Labute approximate surface area is 134 Å².